The first-order chi connectivity index (χ1) is 17.3. The molecule has 1 aromatic carbocycles. The molecule has 0 unspecified atom stereocenters. The summed E-state index contributed by atoms with van der Waals surface area (Å²) in [5.41, 5.74) is 4.29. The van der Waals surface area contributed by atoms with Crippen LogP contribution in [-0.4, -0.2) is 83.7 Å². The number of fused-ring (bicyclic) bond motifs is 3. The third-order valence-electron chi connectivity index (χ3n) is 6.70. The number of anilines is 2. The number of sulfonamides is 1. The number of ether oxygens (including phenoxy) is 1. The molecule has 5 rings (SSSR count). The Morgan fingerprint density at radius 2 is 1.78 bits per heavy atom. The maximum Gasteiger partial charge on any atom is 0.358 e. The highest BCUT2D eigenvalue weighted by Crippen LogP contribution is 2.33. The second-order valence-electron chi connectivity index (χ2n) is 9.07. The van der Waals surface area contributed by atoms with Crippen molar-refractivity contribution in [3.05, 3.63) is 47.3 Å². The Hall–Kier alpha value is -3.35. The number of carbonyl (C=O) groups is 1. The molecular formula is C24H29N7O4S. The minimum Gasteiger partial charge on any atom is -0.464 e. The van der Waals surface area contributed by atoms with Crippen molar-refractivity contribution in [2.45, 2.75) is 24.2 Å². The molecule has 1 fully saturated rings. The lowest BCUT2D eigenvalue weighted by Gasteiger charge is -2.31. The molecule has 36 heavy (non-hydrogen) atoms. The Bertz CT molecular complexity index is 1390. The van der Waals surface area contributed by atoms with E-state index < -0.39 is 16.0 Å². The van der Waals surface area contributed by atoms with E-state index in [0.29, 0.717) is 49.9 Å². The lowest BCUT2D eigenvalue weighted by atomic mass is 10.1. The van der Waals surface area contributed by atoms with Crippen LogP contribution in [-0.2, 0) is 34.6 Å². The maximum absolute atomic E-state index is 13.0. The van der Waals surface area contributed by atoms with Crippen LogP contribution < -0.4 is 5.32 Å². The molecule has 0 atom stereocenters. The molecule has 0 bridgehead atoms. The van der Waals surface area contributed by atoms with E-state index in [1.54, 1.807) is 42.2 Å². The minimum absolute atomic E-state index is 0.260. The lowest BCUT2D eigenvalue weighted by molar-refractivity contribution is 0.0592. The zero-order valence-electron chi connectivity index (χ0n) is 20.6. The zero-order chi connectivity index (χ0) is 25.4. The Labute approximate surface area is 210 Å². The first-order valence-electron chi connectivity index (χ1n) is 11.8. The van der Waals surface area contributed by atoms with Crippen LogP contribution in [0.15, 0.2) is 35.4 Å². The van der Waals surface area contributed by atoms with E-state index in [1.807, 2.05) is 7.05 Å². The molecule has 0 amide bonds. The number of methoxy groups -OCH3 is 1. The van der Waals surface area contributed by atoms with Crippen molar-refractivity contribution in [3.8, 4) is 11.4 Å². The van der Waals surface area contributed by atoms with Gasteiger partial charge in [0.2, 0.25) is 16.0 Å². The van der Waals surface area contributed by atoms with Crippen LogP contribution in [0.25, 0.3) is 11.4 Å². The van der Waals surface area contributed by atoms with Crippen molar-refractivity contribution in [1.29, 1.82) is 0 Å². The van der Waals surface area contributed by atoms with Crippen molar-refractivity contribution >= 4 is 27.6 Å². The van der Waals surface area contributed by atoms with Gasteiger partial charge in [-0.1, -0.05) is 0 Å². The van der Waals surface area contributed by atoms with Gasteiger partial charge < -0.3 is 15.0 Å². The van der Waals surface area contributed by atoms with Crippen LogP contribution in [0, 0.1) is 0 Å². The first-order valence-corrected chi connectivity index (χ1v) is 13.3. The summed E-state index contributed by atoms with van der Waals surface area (Å²) in [5, 5.41) is 7.56. The fourth-order valence-electron chi connectivity index (χ4n) is 4.69. The standard InChI is InChI=1S/C24H29N7O4S/c1-29-11-13-31(14-12-29)36(33,34)18-9-7-17(8-10-18)26-24-25-15-16-5-4-6-19-21(23(32)35-3)28-30(2)22(19)20(16)27-24/h7-10,15H,4-6,11-14H2,1-3H3,(H,25,26,27). The van der Waals surface area contributed by atoms with Crippen LogP contribution in [0.1, 0.15) is 28.0 Å². The Balaban J connectivity index is 1.40. The van der Waals surface area contributed by atoms with E-state index in [4.69, 9.17) is 9.72 Å². The Kier molecular flexibility index (Phi) is 6.49. The number of hydrogen-bond acceptors (Lipinski definition) is 9. The summed E-state index contributed by atoms with van der Waals surface area (Å²) in [6, 6.07) is 6.62. The van der Waals surface area contributed by atoms with Gasteiger partial charge in [0.15, 0.2) is 5.69 Å². The number of likely N-dealkylation sites (N-methyl/N-ethyl adjacent to an activating group) is 1. The number of carbonyl (C=O) groups excluding carboxylic acids is 1. The summed E-state index contributed by atoms with van der Waals surface area (Å²) < 4.78 is 34.1. The second kappa shape index (κ2) is 9.60. The van der Waals surface area contributed by atoms with E-state index in [1.165, 1.54) is 11.4 Å². The van der Waals surface area contributed by atoms with Crippen molar-refractivity contribution < 1.29 is 17.9 Å². The molecule has 0 saturated carbocycles. The highest BCUT2D eigenvalue weighted by molar-refractivity contribution is 7.89. The number of hydrogen-bond donors (Lipinski definition) is 1. The summed E-state index contributed by atoms with van der Waals surface area (Å²) in [5.74, 6) is -0.0913. The number of rotatable bonds is 5. The fraction of sp³-hybridized carbons (Fsp3) is 0.417. The summed E-state index contributed by atoms with van der Waals surface area (Å²) in [7, 11) is 1.59. The number of aromatic nitrogens is 4. The van der Waals surface area contributed by atoms with Crippen molar-refractivity contribution in [3.63, 3.8) is 0 Å². The number of piperazine rings is 1. The summed E-state index contributed by atoms with van der Waals surface area (Å²) >= 11 is 0. The molecule has 12 heteroatoms. The average molecular weight is 512 g/mol. The monoisotopic (exact) mass is 511 g/mol. The van der Waals surface area contributed by atoms with E-state index in [0.717, 1.165) is 35.4 Å². The summed E-state index contributed by atoms with van der Waals surface area (Å²) in [6.07, 6.45) is 4.10. The highest BCUT2D eigenvalue weighted by atomic mass is 32.2. The highest BCUT2D eigenvalue weighted by Gasteiger charge is 2.29. The molecule has 3 heterocycles. The van der Waals surface area contributed by atoms with E-state index in [2.05, 4.69) is 20.3 Å². The Morgan fingerprint density at radius 1 is 1.06 bits per heavy atom. The molecule has 2 aliphatic rings. The lowest BCUT2D eigenvalue weighted by Crippen LogP contribution is -2.46. The third-order valence-corrected chi connectivity index (χ3v) is 8.61. The molecule has 0 radical (unpaired) electrons. The van der Waals surface area contributed by atoms with Crippen molar-refractivity contribution in [2.24, 2.45) is 7.05 Å². The molecule has 0 spiro atoms. The normalized spacial score (nSPS) is 16.6. The van der Waals surface area contributed by atoms with Gasteiger partial charge in [-0.15, -0.1) is 0 Å². The van der Waals surface area contributed by atoms with Crippen LogP contribution in [0.2, 0.25) is 0 Å². The molecule has 11 nitrogen and oxygen atoms in total. The Morgan fingerprint density at radius 3 is 2.47 bits per heavy atom. The number of benzene rings is 1. The third kappa shape index (κ3) is 4.47. The van der Waals surface area contributed by atoms with Crippen LogP contribution in [0.3, 0.4) is 0 Å². The summed E-state index contributed by atoms with van der Waals surface area (Å²) in [6.45, 7) is 2.40. The van der Waals surface area contributed by atoms with Gasteiger partial charge in [0.05, 0.1) is 23.4 Å². The largest absolute Gasteiger partial charge is 0.464 e. The minimum atomic E-state index is -3.54. The van der Waals surface area contributed by atoms with Gasteiger partial charge in [-0.05, 0) is 56.1 Å². The molecule has 2 aromatic heterocycles. The SMILES string of the molecule is COC(=O)c1nn(C)c2c1CCCc1cnc(Nc3ccc(S(=O)(=O)N4CCN(C)CC4)cc3)nc1-2. The topological polar surface area (TPSA) is 123 Å². The predicted octanol–water partition coefficient (Wildman–Crippen LogP) is 1.83. The average Bonchev–Trinajstić information content (AvgIpc) is 3.08. The van der Waals surface area contributed by atoms with Gasteiger partial charge in [-0.3, -0.25) is 4.68 Å². The zero-order valence-corrected chi connectivity index (χ0v) is 21.4. The number of nitrogens with zero attached hydrogens (tertiary/aromatic N) is 6. The van der Waals surface area contributed by atoms with Gasteiger partial charge in [-0.25, -0.2) is 23.2 Å². The van der Waals surface area contributed by atoms with E-state index in [-0.39, 0.29) is 4.90 Å². The van der Waals surface area contributed by atoms with Crippen LogP contribution in [0.5, 0.6) is 0 Å². The van der Waals surface area contributed by atoms with E-state index in [9.17, 15) is 13.2 Å². The molecule has 1 aliphatic heterocycles. The predicted molar refractivity (Wildman–Crippen MR) is 134 cm³/mol. The molecule has 190 valence electrons. The first kappa shape index (κ1) is 24.3. The fourth-order valence-corrected chi connectivity index (χ4v) is 6.11. The number of esters is 1. The molecule has 1 saturated heterocycles. The van der Waals surface area contributed by atoms with Crippen molar-refractivity contribution in [1.82, 2.24) is 29.0 Å². The molecule has 3 aromatic rings. The quantitative estimate of drug-likeness (QED) is 0.511. The maximum atomic E-state index is 13.0. The smallest absolute Gasteiger partial charge is 0.358 e. The van der Waals surface area contributed by atoms with E-state index >= 15 is 0 Å². The second-order valence-corrected chi connectivity index (χ2v) is 11.0. The van der Waals surface area contributed by atoms with Crippen LogP contribution >= 0.6 is 0 Å². The number of aryl methyl sites for hydroxylation is 2. The molecule has 1 N–H and O–H groups in total. The van der Waals surface area contributed by atoms with Crippen molar-refractivity contribution in [2.75, 3.05) is 45.7 Å². The van der Waals surface area contributed by atoms with Crippen LogP contribution in [0.4, 0.5) is 11.6 Å². The summed E-state index contributed by atoms with van der Waals surface area (Å²) in [4.78, 5) is 23.8. The van der Waals surface area contributed by atoms with Gasteiger partial charge in [0.1, 0.15) is 0 Å². The van der Waals surface area contributed by atoms with Gasteiger partial charge >= 0.3 is 5.97 Å². The van der Waals surface area contributed by atoms with Gasteiger partial charge in [-0.2, -0.15) is 9.40 Å². The van der Waals surface area contributed by atoms with Gasteiger partial charge in [0.25, 0.3) is 0 Å². The number of nitrogens with one attached hydrogen (secondary N) is 1. The molecular weight excluding hydrogens is 482 g/mol. The molecule has 1 aliphatic carbocycles. The van der Waals surface area contributed by atoms with Gasteiger partial charge in [0, 0.05) is 50.7 Å².